The monoisotopic (exact) mass is 374 g/mol. The number of hydrogen-bond acceptors (Lipinski definition) is 4. The van der Waals surface area contributed by atoms with Crippen molar-refractivity contribution in [2.45, 2.75) is 12.6 Å². The Balaban J connectivity index is 0.00000161. The van der Waals surface area contributed by atoms with Crippen LogP contribution in [0.2, 0.25) is 0 Å². The van der Waals surface area contributed by atoms with Gasteiger partial charge in [0, 0.05) is 52.7 Å². The van der Waals surface area contributed by atoms with Gasteiger partial charge in [-0.15, -0.1) is 12.4 Å². The van der Waals surface area contributed by atoms with E-state index in [0.717, 1.165) is 36.5 Å². The Morgan fingerprint density at radius 2 is 2.24 bits per heavy atom. The number of piperazine rings is 1. The highest BCUT2D eigenvalue weighted by atomic mass is 79.9. The molecule has 1 aliphatic rings. The molecule has 3 rings (SSSR count). The van der Waals surface area contributed by atoms with Crippen molar-refractivity contribution < 1.29 is 0 Å². The van der Waals surface area contributed by atoms with Crippen LogP contribution in [0.5, 0.6) is 0 Å². The molecule has 3 heterocycles. The fourth-order valence-corrected chi connectivity index (χ4v) is 3.17. The summed E-state index contributed by atoms with van der Waals surface area (Å²) in [5.74, 6) is 1.11. The van der Waals surface area contributed by atoms with Gasteiger partial charge in [0.1, 0.15) is 5.82 Å². The van der Waals surface area contributed by atoms with Crippen molar-refractivity contribution in [1.82, 2.24) is 29.5 Å². The van der Waals surface area contributed by atoms with Gasteiger partial charge in [-0.3, -0.25) is 9.58 Å². The summed E-state index contributed by atoms with van der Waals surface area (Å²) in [5, 5.41) is 7.75. The molecule has 1 saturated heterocycles. The van der Waals surface area contributed by atoms with E-state index in [1.807, 2.05) is 30.3 Å². The minimum atomic E-state index is 0. The largest absolute Gasteiger partial charge is 0.337 e. The van der Waals surface area contributed by atoms with E-state index in [1.165, 1.54) is 5.69 Å². The zero-order valence-corrected chi connectivity index (χ0v) is 14.6. The number of aromatic nitrogens is 4. The summed E-state index contributed by atoms with van der Waals surface area (Å²) in [6.07, 6.45) is 5.72. The Morgan fingerprint density at radius 1 is 1.43 bits per heavy atom. The average Bonchev–Trinajstić information content (AvgIpc) is 3.00. The van der Waals surface area contributed by atoms with Gasteiger partial charge in [0.15, 0.2) is 0 Å². The van der Waals surface area contributed by atoms with Gasteiger partial charge in [0.2, 0.25) is 0 Å². The molecule has 0 bridgehead atoms. The molecule has 0 spiro atoms. The lowest BCUT2D eigenvalue weighted by molar-refractivity contribution is 0.141. The fourth-order valence-electron chi connectivity index (χ4n) is 2.69. The summed E-state index contributed by atoms with van der Waals surface area (Å²) in [6, 6.07) is 0.297. The highest BCUT2D eigenvalue weighted by Gasteiger charge is 2.27. The van der Waals surface area contributed by atoms with Gasteiger partial charge in [-0.25, -0.2) is 4.98 Å². The van der Waals surface area contributed by atoms with Crippen molar-refractivity contribution >= 4 is 28.3 Å². The first-order valence-electron chi connectivity index (χ1n) is 6.75. The van der Waals surface area contributed by atoms with Gasteiger partial charge in [-0.1, -0.05) is 0 Å². The summed E-state index contributed by atoms with van der Waals surface area (Å²) >= 11 is 3.58. The number of rotatable bonds is 3. The van der Waals surface area contributed by atoms with Gasteiger partial charge in [-0.2, -0.15) is 5.10 Å². The van der Waals surface area contributed by atoms with Crippen molar-refractivity contribution in [3.05, 3.63) is 34.6 Å². The van der Waals surface area contributed by atoms with E-state index < -0.39 is 0 Å². The zero-order valence-electron chi connectivity index (χ0n) is 12.2. The van der Waals surface area contributed by atoms with Gasteiger partial charge in [0.25, 0.3) is 0 Å². The minimum absolute atomic E-state index is 0. The molecule has 1 atom stereocenters. The molecule has 2 aromatic heterocycles. The van der Waals surface area contributed by atoms with Crippen LogP contribution in [0, 0.1) is 0 Å². The van der Waals surface area contributed by atoms with Crippen LogP contribution in [0.25, 0.3) is 0 Å². The van der Waals surface area contributed by atoms with E-state index in [9.17, 15) is 0 Å². The molecule has 1 fully saturated rings. The Kier molecular flexibility index (Phi) is 5.43. The van der Waals surface area contributed by atoms with Crippen LogP contribution in [0.4, 0.5) is 0 Å². The Hall–Kier alpha value is -0.890. The highest BCUT2D eigenvalue weighted by molar-refractivity contribution is 9.10. The Labute approximate surface area is 139 Å². The van der Waals surface area contributed by atoms with Crippen molar-refractivity contribution in [3.8, 4) is 0 Å². The smallest absolute Gasteiger partial charge is 0.127 e. The lowest BCUT2D eigenvalue weighted by Gasteiger charge is -2.35. The number of nitrogens with zero attached hydrogens (tertiary/aromatic N) is 5. The molecule has 1 unspecified atom stereocenters. The standard InChI is InChI=1S/C13H19BrN6.ClH/c1-18-5-4-16-13(18)11-8-15-3-6-20(11)9-12-10(14)7-17-19(12)2;/h4-5,7,11,15H,3,6,8-9H2,1-2H3;1H. The molecule has 21 heavy (non-hydrogen) atoms. The van der Waals surface area contributed by atoms with Gasteiger partial charge >= 0.3 is 0 Å². The number of imidazole rings is 1. The predicted molar refractivity (Wildman–Crippen MR) is 87.4 cm³/mol. The minimum Gasteiger partial charge on any atom is -0.337 e. The second kappa shape index (κ2) is 6.91. The molecular weight excluding hydrogens is 356 g/mol. The molecule has 0 amide bonds. The topological polar surface area (TPSA) is 50.9 Å². The highest BCUT2D eigenvalue weighted by Crippen LogP contribution is 2.25. The molecular formula is C13H20BrClN6. The lowest BCUT2D eigenvalue weighted by atomic mass is 10.1. The third-order valence-electron chi connectivity index (χ3n) is 3.87. The van der Waals surface area contributed by atoms with Crippen LogP contribution in [-0.2, 0) is 20.6 Å². The average molecular weight is 376 g/mol. The van der Waals surface area contributed by atoms with E-state index in [2.05, 4.69) is 47.8 Å². The fraction of sp³-hybridized carbons (Fsp3) is 0.538. The van der Waals surface area contributed by atoms with Crippen LogP contribution in [0.15, 0.2) is 23.1 Å². The summed E-state index contributed by atoms with van der Waals surface area (Å²) in [7, 11) is 4.03. The first kappa shape index (κ1) is 16.5. The molecule has 1 aliphatic heterocycles. The summed E-state index contributed by atoms with van der Waals surface area (Å²) in [6.45, 7) is 3.82. The zero-order chi connectivity index (χ0) is 14.1. The van der Waals surface area contributed by atoms with E-state index in [1.54, 1.807) is 0 Å². The van der Waals surface area contributed by atoms with Crippen molar-refractivity contribution in [3.63, 3.8) is 0 Å². The van der Waals surface area contributed by atoms with Crippen molar-refractivity contribution in [2.24, 2.45) is 14.1 Å². The van der Waals surface area contributed by atoms with Crippen LogP contribution >= 0.6 is 28.3 Å². The molecule has 6 nitrogen and oxygen atoms in total. The van der Waals surface area contributed by atoms with Gasteiger partial charge in [-0.05, 0) is 15.9 Å². The van der Waals surface area contributed by atoms with Gasteiger partial charge in [0.05, 0.1) is 22.4 Å². The summed E-state index contributed by atoms with van der Waals surface area (Å²) in [5.41, 5.74) is 1.20. The predicted octanol–water partition coefficient (Wildman–Crippen LogP) is 1.48. The molecule has 2 aromatic rings. The van der Waals surface area contributed by atoms with E-state index in [4.69, 9.17) is 0 Å². The first-order chi connectivity index (χ1) is 9.66. The van der Waals surface area contributed by atoms with Crippen LogP contribution in [0.3, 0.4) is 0 Å². The third-order valence-corrected chi connectivity index (χ3v) is 4.54. The van der Waals surface area contributed by atoms with Crippen LogP contribution in [-0.4, -0.2) is 43.9 Å². The number of halogens is 2. The lowest BCUT2D eigenvalue weighted by Crippen LogP contribution is -2.46. The molecule has 0 saturated carbocycles. The number of hydrogen-bond donors (Lipinski definition) is 1. The van der Waals surface area contributed by atoms with Crippen LogP contribution in [0.1, 0.15) is 17.6 Å². The molecule has 8 heteroatoms. The normalized spacial score (nSPS) is 19.5. The SMILES string of the molecule is Cl.Cn1ccnc1C1CNCCN1Cc1c(Br)cnn1C. The van der Waals surface area contributed by atoms with Crippen LogP contribution < -0.4 is 5.32 Å². The van der Waals surface area contributed by atoms with E-state index in [0.29, 0.717) is 6.04 Å². The maximum atomic E-state index is 4.51. The third kappa shape index (κ3) is 3.31. The molecule has 0 radical (unpaired) electrons. The van der Waals surface area contributed by atoms with Gasteiger partial charge < -0.3 is 9.88 Å². The van der Waals surface area contributed by atoms with E-state index in [-0.39, 0.29) is 12.4 Å². The summed E-state index contributed by atoms with van der Waals surface area (Å²) in [4.78, 5) is 6.97. The maximum Gasteiger partial charge on any atom is 0.127 e. The molecule has 0 aromatic carbocycles. The maximum absolute atomic E-state index is 4.51. The summed E-state index contributed by atoms with van der Waals surface area (Å²) < 4.78 is 5.10. The molecule has 116 valence electrons. The quantitative estimate of drug-likeness (QED) is 0.883. The first-order valence-corrected chi connectivity index (χ1v) is 7.54. The van der Waals surface area contributed by atoms with E-state index >= 15 is 0 Å². The van der Waals surface area contributed by atoms with Crippen molar-refractivity contribution in [1.29, 1.82) is 0 Å². The van der Waals surface area contributed by atoms with Crippen molar-refractivity contribution in [2.75, 3.05) is 19.6 Å². The Morgan fingerprint density at radius 3 is 2.86 bits per heavy atom. The Bertz CT molecular complexity index is 576. The second-order valence-corrected chi connectivity index (χ2v) is 6.00. The second-order valence-electron chi connectivity index (χ2n) is 5.15. The number of aryl methyl sites for hydroxylation is 2. The number of nitrogens with one attached hydrogen (secondary N) is 1. The molecule has 0 aliphatic carbocycles. The molecule has 1 N–H and O–H groups in total.